The highest BCUT2D eigenvalue weighted by Gasteiger charge is 2.34. The number of nitrogens with zero attached hydrogens (tertiary/aromatic N) is 2. The maximum absolute atomic E-state index is 5.96. The van der Waals surface area contributed by atoms with Crippen LogP contribution in [0.5, 0.6) is 0 Å². The second-order valence-electron chi connectivity index (χ2n) is 4.77. The van der Waals surface area contributed by atoms with E-state index in [0.717, 1.165) is 0 Å². The van der Waals surface area contributed by atoms with E-state index in [-0.39, 0.29) is 0 Å². The van der Waals surface area contributed by atoms with Crippen LogP contribution in [-0.4, -0.2) is 16.0 Å². The molecule has 3 nitrogen and oxygen atoms in total. The average Bonchev–Trinajstić information content (AvgIpc) is 2.50. The van der Waals surface area contributed by atoms with E-state index in [2.05, 4.69) is 29.1 Å². The fraction of sp³-hybridized carbons (Fsp3) is 0.636. The van der Waals surface area contributed by atoms with Gasteiger partial charge < -0.3 is 5.32 Å². The molecule has 0 amide bonds. The summed E-state index contributed by atoms with van der Waals surface area (Å²) in [4.78, 5) is 8.21. The normalized spacial score (nSPS) is 24.1. The molecule has 0 bridgehead atoms. The van der Waals surface area contributed by atoms with Crippen molar-refractivity contribution < 1.29 is 0 Å². The molecule has 82 valence electrons. The van der Waals surface area contributed by atoms with Crippen molar-refractivity contribution in [2.45, 2.75) is 39.2 Å². The number of rotatable bonds is 2. The summed E-state index contributed by atoms with van der Waals surface area (Å²) >= 11 is 5.96. The quantitative estimate of drug-likeness (QED) is 0.841. The topological polar surface area (TPSA) is 37.8 Å². The van der Waals surface area contributed by atoms with Crippen LogP contribution in [0.25, 0.3) is 0 Å². The molecule has 0 aromatic carbocycles. The molecule has 1 saturated carbocycles. The molecule has 15 heavy (non-hydrogen) atoms. The summed E-state index contributed by atoms with van der Waals surface area (Å²) in [5, 5.41) is 3.85. The van der Waals surface area contributed by atoms with Crippen molar-refractivity contribution in [1.29, 1.82) is 0 Å². The molecule has 1 fully saturated rings. The first-order valence-electron chi connectivity index (χ1n) is 5.33. The van der Waals surface area contributed by atoms with E-state index in [4.69, 9.17) is 11.6 Å². The Balaban J connectivity index is 2.12. The molecule has 1 atom stereocenters. The number of aromatic nitrogens is 2. The molecule has 0 saturated heterocycles. The Morgan fingerprint density at radius 3 is 2.73 bits per heavy atom. The molecule has 1 aliphatic carbocycles. The maximum atomic E-state index is 5.96. The Morgan fingerprint density at radius 2 is 2.13 bits per heavy atom. The maximum Gasteiger partial charge on any atom is 0.171 e. The first-order chi connectivity index (χ1) is 7.09. The molecule has 2 rings (SSSR count). The highest BCUT2D eigenvalue weighted by molar-refractivity contribution is 6.31. The van der Waals surface area contributed by atoms with Gasteiger partial charge in [-0.25, -0.2) is 9.97 Å². The lowest BCUT2D eigenvalue weighted by Crippen LogP contribution is -2.31. The predicted octanol–water partition coefficient (Wildman–Crippen LogP) is 3.12. The number of anilines is 1. The Kier molecular flexibility index (Phi) is 2.83. The summed E-state index contributed by atoms with van der Waals surface area (Å²) in [6.07, 6.45) is 6.97. The minimum Gasteiger partial charge on any atom is -0.364 e. The number of hydrogen-bond acceptors (Lipinski definition) is 3. The number of nitrogens with one attached hydrogen (secondary N) is 1. The standard InChI is InChI=1S/C11H16ClN3/c1-11(2)5-3-4-8(11)15-10-9(12)13-6-7-14-10/h6-8H,3-5H2,1-2H3,(H,14,15). The van der Waals surface area contributed by atoms with Crippen molar-refractivity contribution in [2.24, 2.45) is 5.41 Å². The van der Waals surface area contributed by atoms with E-state index in [1.54, 1.807) is 12.4 Å². The third kappa shape index (κ3) is 2.23. The lowest BCUT2D eigenvalue weighted by Gasteiger charge is -2.28. The average molecular weight is 226 g/mol. The molecule has 1 unspecified atom stereocenters. The van der Waals surface area contributed by atoms with E-state index < -0.39 is 0 Å². The second kappa shape index (κ2) is 3.97. The van der Waals surface area contributed by atoms with E-state index in [0.29, 0.717) is 22.4 Å². The van der Waals surface area contributed by atoms with Crippen LogP contribution in [-0.2, 0) is 0 Å². The lowest BCUT2D eigenvalue weighted by atomic mass is 9.87. The zero-order valence-corrected chi connectivity index (χ0v) is 9.88. The summed E-state index contributed by atoms with van der Waals surface area (Å²) in [7, 11) is 0. The van der Waals surface area contributed by atoms with Gasteiger partial charge in [0.05, 0.1) is 0 Å². The fourth-order valence-corrected chi connectivity index (χ4v) is 2.34. The van der Waals surface area contributed by atoms with Gasteiger partial charge in [0.2, 0.25) is 0 Å². The minimum atomic E-state index is 0.320. The van der Waals surface area contributed by atoms with Crippen LogP contribution in [0.4, 0.5) is 5.82 Å². The molecular formula is C11H16ClN3. The van der Waals surface area contributed by atoms with Crippen LogP contribution in [0.2, 0.25) is 5.15 Å². The van der Waals surface area contributed by atoms with Gasteiger partial charge in [-0.15, -0.1) is 0 Å². The van der Waals surface area contributed by atoms with Crippen LogP contribution in [0.3, 0.4) is 0 Å². The van der Waals surface area contributed by atoms with Crippen LogP contribution in [0, 0.1) is 5.41 Å². The monoisotopic (exact) mass is 225 g/mol. The Morgan fingerprint density at radius 1 is 1.40 bits per heavy atom. The largest absolute Gasteiger partial charge is 0.364 e. The van der Waals surface area contributed by atoms with E-state index >= 15 is 0 Å². The zero-order chi connectivity index (χ0) is 10.9. The summed E-state index contributed by atoms with van der Waals surface area (Å²) in [6.45, 7) is 4.56. The number of halogens is 1. The molecule has 4 heteroatoms. The van der Waals surface area contributed by atoms with Gasteiger partial charge in [0, 0.05) is 18.4 Å². The van der Waals surface area contributed by atoms with E-state index in [9.17, 15) is 0 Å². The van der Waals surface area contributed by atoms with Gasteiger partial charge in [0.15, 0.2) is 11.0 Å². The zero-order valence-electron chi connectivity index (χ0n) is 9.13. The molecule has 1 heterocycles. The summed E-state index contributed by atoms with van der Waals surface area (Å²) < 4.78 is 0. The van der Waals surface area contributed by atoms with Crippen molar-refractivity contribution in [2.75, 3.05) is 5.32 Å². The fourth-order valence-electron chi connectivity index (χ4n) is 2.18. The lowest BCUT2D eigenvalue weighted by molar-refractivity contribution is 0.349. The van der Waals surface area contributed by atoms with Gasteiger partial charge in [-0.3, -0.25) is 0 Å². The molecule has 0 spiro atoms. The van der Waals surface area contributed by atoms with Crippen LogP contribution < -0.4 is 5.32 Å². The van der Waals surface area contributed by atoms with Gasteiger partial charge in [0.1, 0.15) is 0 Å². The van der Waals surface area contributed by atoms with Crippen LogP contribution >= 0.6 is 11.6 Å². The van der Waals surface area contributed by atoms with Crippen molar-refractivity contribution in [3.63, 3.8) is 0 Å². The third-order valence-electron chi connectivity index (χ3n) is 3.22. The van der Waals surface area contributed by atoms with Crippen LogP contribution in [0.15, 0.2) is 12.4 Å². The highest BCUT2D eigenvalue weighted by atomic mass is 35.5. The van der Waals surface area contributed by atoms with E-state index in [1.807, 2.05) is 0 Å². The molecule has 1 N–H and O–H groups in total. The first kappa shape index (κ1) is 10.7. The predicted molar refractivity (Wildman–Crippen MR) is 62.1 cm³/mol. The molecular weight excluding hydrogens is 210 g/mol. The van der Waals surface area contributed by atoms with Gasteiger partial charge in [-0.05, 0) is 18.3 Å². The first-order valence-corrected chi connectivity index (χ1v) is 5.70. The molecule has 1 aromatic rings. The molecule has 0 radical (unpaired) electrons. The van der Waals surface area contributed by atoms with Crippen molar-refractivity contribution in [3.05, 3.63) is 17.5 Å². The summed E-state index contributed by atoms with van der Waals surface area (Å²) in [5.41, 5.74) is 0.320. The number of hydrogen-bond donors (Lipinski definition) is 1. The van der Waals surface area contributed by atoms with Gasteiger partial charge in [0.25, 0.3) is 0 Å². The Bertz CT molecular complexity index is 351. The second-order valence-corrected chi connectivity index (χ2v) is 5.13. The van der Waals surface area contributed by atoms with Gasteiger partial charge >= 0.3 is 0 Å². The molecule has 1 aromatic heterocycles. The highest BCUT2D eigenvalue weighted by Crippen LogP contribution is 2.39. The Hall–Kier alpha value is -0.830. The van der Waals surface area contributed by atoms with E-state index in [1.165, 1.54) is 19.3 Å². The van der Waals surface area contributed by atoms with Crippen molar-refractivity contribution >= 4 is 17.4 Å². The minimum absolute atomic E-state index is 0.320. The smallest absolute Gasteiger partial charge is 0.171 e. The Labute approximate surface area is 95.3 Å². The summed E-state index contributed by atoms with van der Waals surface area (Å²) in [5.74, 6) is 0.708. The third-order valence-corrected chi connectivity index (χ3v) is 3.50. The molecule has 1 aliphatic rings. The van der Waals surface area contributed by atoms with Crippen LogP contribution in [0.1, 0.15) is 33.1 Å². The van der Waals surface area contributed by atoms with Crippen molar-refractivity contribution in [1.82, 2.24) is 9.97 Å². The molecule has 0 aliphatic heterocycles. The van der Waals surface area contributed by atoms with Gasteiger partial charge in [-0.2, -0.15) is 0 Å². The van der Waals surface area contributed by atoms with Crippen molar-refractivity contribution in [3.8, 4) is 0 Å². The SMILES string of the molecule is CC1(C)CCCC1Nc1nccnc1Cl. The summed E-state index contributed by atoms with van der Waals surface area (Å²) in [6, 6.07) is 0.451. The van der Waals surface area contributed by atoms with Gasteiger partial charge in [-0.1, -0.05) is 31.9 Å².